The van der Waals surface area contributed by atoms with Gasteiger partial charge in [0.1, 0.15) is 12.2 Å². The smallest absolute Gasteiger partial charge is 0.388 e. The lowest BCUT2D eigenvalue weighted by Gasteiger charge is -2.16. The maximum Gasteiger partial charge on any atom is 0.466 e. The Hall–Kier alpha value is -1.51. The molecular formula is C10H23FN5O15P3. The largest absolute Gasteiger partial charge is 0.466 e. The molecule has 1 aliphatic rings. The standard InChI is InChI=1S/C9H10FN5O3.CH4.3H3O4P/c10-9-13-6(11)4-7(14-9)15(2-12-4)8-5(17)3(16)1-18-8;;3*1-5(2,3)4/h2-3,5,8,16-17H,1H2,(H2,11,13,14);1H4;3*(H3,1,2,3,4)/t3-,5+,8+;;;;/m0..../s1. The van der Waals surface area contributed by atoms with Gasteiger partial charge >= 0.3 is 29.5 Å². The lowest BCUT2D eigenvalue weighted by atomic mass is 10.2. The first kappa shape index (κ1) is 34.7. The predicted octanol–water partition coefficient (Wildman–Crippen LogP) is -3.35. The number of fused-ring (bicyclic) bond motifs is 1. The third-order valence-electron chi connectivity index (χ3n) is 2.82. The number of rotatable bonds is 1. The number of hydrogen-bond donors (Lipinski definition) is 12. The first-order valence-corrected chi connectivity index (χ1v) is 12.3. The summed E-state index contributed by atoms with van der Waals surface area (Å²) in [5.74, 6) is -0.0933. The van der Waals surface area contributed by atoms with E-state index >= 15 is 0 Å². The van der Waals surface area contributed by atoms with Crippen molar-refractivity contribution in [1.82, 2.24) is 19.5 Å². The summed E-state index contributed by atoms with van der Waals surface area (Å²) in [6.45, 7) is -0.0193. The van der Waals surface area contributed by atoms with Gasteiger partial charge in [0, 0.05) is 0 Å². The number of hydrogen-bond acceptors (Lipinski definition) is 10. The van der Waals surface area contributed by atoms with Gasteiger partial charge in [-0.05, 0) is 0 Å². The zero-order valence-electron chi connectivity index (χ0n) is 15.7. The Kier molecular flexibility index (Phi) is 13.8. The fraction of sp³-hybridized carbons (Fsp3) is 0.500. The number of aliphatic hydroxyl groups is 2. The molecule has 24 heteroatoms. The van der Waals surface area contributed by atoms with Crippen LogP contribution in [0.2, 0.25) is 0 Å². The summed E-state index contributed by atoms with van der Waals surface area (Å²) in [4.78, 5) is 75.5. The maximum absolute atomic E-state index is 13.1. The molecule has 3 rings (SSSR count). The summed E-state index contributed by atoms with van der Waals surface area (Å²) in [5, 5.41) is 19.1. The molecule has 1 aliphatic heterocycles. The van der Waals surface area contributed by atoms with Crippen LogP contribution in [0.25, 0.3) is 11.2 Å². The van der Waals surface area contributed by atoms with E-state index in [4.69, 9.17) is 68.2 Å². The van der Waals surface area contributed by atoms with E-state index in [0.29, 0.717) is 0 Å². The van der Waals surface area contributed by atoms with Crippen molar-refractivity contribution in [2.45, 2.75) is 25.9 Å². The zero-order chi connectivity index (χ0) is 26.4. The molecule has 2 aromatic heterocycles. The topological polar surface area (TPSA) is 353 Å². The highest BCUT2D eigenvalue weighted by Gasteiger charge is 2.37. The lowest BCUT2D eigenvalue weighted by Crippen LogP contribution is -2.28. The van der Waals surface area contributed by atoms with Gasteiger partial charge in [-0.25, -0.2) is 18.7 Å². The van der Waals surface area contributed by atoms with E-state index < -0.39 is 48.0 Å². The van der Waals surface area contributed by atoms with Crippen molar-refractivity contribution in [3.8, 4) is 0 Å². The fourth-order valence-electron chi connectivity index (χ4n) is 1.93. The molecule has 0 bridgehead atoms. The summed E-state index contributed by atoms with van der Waals surface area (Å²) in [5.41, 5.74) is 5.84. The molecule has 1 saturated heterocycles. The van der Waals surface area contributed by atoms with Gasteiger partial charge in [0.05, 0.1) is 12.9 Å². The summed E-state index contributed by atoms with van der Waals surface area (Å²) in [6, 6.07) is 0. The number of ether oxygens (including phenoxy) is 1. The van der Waals surface area contributed by atoms with E-state index in [1.54, 1.807) is 0 Å². The van der Waals surface area contributed by atoms with E-state index in [1.165, 1.54) is 10.9 Å². The molecule has 0 unspecified atom stereocenters. The number of halogens is 1. The summed E-state index contributed by atoms with van der Waals surface area (Å²) < 4.78 is 46.3. The van der Waals surface area contributed by atoms with Crippen molar-refractivity contribution >= 4 is 40.4 Å². The van der Waals surface area contributed by atoms with Gasteiger partial charge < -0.3 is 64.7 Å². The van der Waals surface area contributed by atoms with Crippen molar-refractivity contribution in [3.05, 3.63) is 12.4 Å². The molecule has 3 atom stereocenters. The van der Waals surface area contributed by atoms with Crippen LogP contribution < -0.4 is 5.73 Å². The highest BCUT2D eigenvalue weighted by molar-refractivity contribution is 7.45. The van der Waals surface area contributed by atoms with Crippen LogP contribution in [0.4, 0.5) is 10.2 Å². The molecular weight excluding hydrogens is 542 g/mol. The van der Waals surface area contributed by atoms with Crippen LogP contribution in [-0.4, -0.2) is 92.6 Å². The summed E-state index contributed by atoms with van der Waals surface area (Å²) >= 11 is 0. The highest BCUT2D eigenvalue weighted by Crippen LogP contribution is 2.28. The van der Waals surface area contributed by atoms with Crippen LogP contribution in [0.3, 0.4) is 0 Å². The second kappa shape index (κ2) is 13.5. The number of aromatic nitrogens is 4. The summed E-state index contributed by atoms with van der Waals surface area (Å²) in [7, 11) is -13.9. The van der Waals surface area contributed by atoms with E-state index in [9.17, 15) is 14.6 Å². The highest BCUT2D eigenvalue weighted by atomic mass is 31.2. The Morgan fingerprint density at radius 3 is 1.71 bits per heavy atom. The minimum absolute atomic E-state index is 0. The average molecular weight is 565 g/mol. The van der Waals surface area contributed by atoms with Gasteiger partial charge in [-0.3, -0.25) is 4.57 Å². The van der Waals surface area contributed by atoms with Crippen molar-refractivity contribution < 1.29 is 77.1 Å². The van der Waals surface area contributed by atoms with Crippen LogP contribution in [-0.2, 0) is 18.4 Å². The molecule has 0 aromatic carbocycles. The van der Waals surface area contributed by atoms with E-state index in [-0.39, 0.29) is 31.0 Å². The van der Waals surface area contributed by atoms with Crippen molar-refractivity contribution in [1.29, 1.82) is 0 Å². The quantitative estimate of drug-likeness (QED) is 0.119. The Morgan fingerprint density at radius 1 is 0.941 bits per heavy atom. The molecule has 200 valence electrons. The van der Waals surface area contributed by atoms with Crippen LogP contribution in [0.5, 0.6) is 0 Å². The van der Waals surface area contributed by atoms with Crippen molar-refractivity contribution in [2.75, 3.05) is 12.3 Å². The molecule has 0 spiro atoms. The third kappa shape index (κ3) is 16.2. The number of nitrogens with two attached hydrogens (primary N) is 1. The monoisotopic (exact) mass is 565 g/mol. The SMILES string of the molecule is C.Nc1nc(F)nc2c1ncn2[C@@H]1OC[C@H](O)[C@H]1O.O=P(O)(O)O.O=P(O)(O)O.O=P(O)(O)O. The van der Waals surface area contributed by atoms with Crippen molar-refractivity contribution in [2.24, 2.45) is 0 Å². The molecule has 0 saturated carbocycles. The lowest BCUT2D eigenvalue weighted by molar-refractivity contribution is -0.0163. The maximum atomic E-state index is 13.1. The average Bonchev–Trinajstić information content (AvgIpc) is 3.07. The molecule has 0 radical (unpaired) electrons. The van der Waals surface area contributed by atoms with E-state index in [0.717, 1.165) is 0 Å². The number of nitrogens with zero attached hydrogens (tertiary/aromatic N) is 4. The van der Waals surface area contributed by atoms with Crippen LogP contribution in [0.15, 0.2) is 6.33 Å². The molecule has 34 heavy (non-hydrogen) atoms. The second-order valence-electron chi connectivity index (χ2n) is 5.52. The normalized spacial score (nSPS) is 20.1. The summed E-state index contributed by atoms with van der Waals surface area (Å²) in [6.07, 6.45) is -2.70. The fourth-order valence-corrected chi connectivity index (χ4v) is 1.93. The zero-order valence-corrected chi connectivity index (χ0v) is 18.3. The molecule has 2 aromatic rings. The molecule has 1 fully saturated rings. The molecule has 3 heterocycles. The Morgan fingerprint density at radius 2 is 1.35 bits per heavy atom. The minimum atomic E-state index is -4.64. The van der Waals surface area contributed by atoms with Gasteiger partial charge in [0.2, 0.25) is 0 Å². The van der Waals surface area contributed by atoms with Crippen LogP contribution >= 0.6 is 23.5 Å². The number of aliphatic hydroxyl groups excluding tert-OH is 2. The van der Waals surface area contributed by atoms with Crippen LogP contribution in [0.1, 0.15) is 13.7 Å². The van der Waals surface area contributed by atoms with E-state index in [1.807, 2.05) is 0 Å². The predicted molar refractivity (Wildman–Crippen MR) is 106 cm³/mol. The van der Waals surface area contributed by atoms with Gasteiger partial charge in [-0.15, -0.1) is 0 Å². The first-order valence-electron chi connectivity index (χ1n) is 7.56. The molecule has 13 N–H and O–H groups in total. The van der Waals surface area contributed by atoms with Crippen molar-refractivity contribution in [3.63, 3.8) is 0 Å². The number of phosphoric acid groups is 3. The van der Waals surface area contributed by atoms with E-state index in [2.05, 4.69) is 15.0 Å². The van der Waals surface area contributed by atoms with Gasteiger partial charge in [0.15, 0.2) is 23.2 Å². The third-order valence-corrected chi connectivity index (χ3v) is 2.82. The minimum Gasteiger partial charge on any atom is -0.388 e. The van der Waals surface area contributed by atoms with Crippen LogP contribution in [0, 0.1) is 6.08 Å². The van der Waals surface area contributed by atoms with Gasteiger partial charge in [-0.1, -0.05) is 7.43 Å². The number of imidazole rings is 1. The van der Waals surface area contributed by atoms with Gasteiger partial charge in [-0.2, -0.15) is 14.4 Å². The first-order chi connectivity index (χ1) is 14.6. The Labute approximate surface area is 188 Å². The number of nitrogen functional groups attached to an aromatic ring is 1. The number of anilines is 1. The van der Waals surface area contributed by atoms with Gasteiger partial charge in [0.25, 0.3) is 0 Å². The molecule has 20 nitrogen and oxygen atoms in total. The second-order valence-corrected chi connectivity index (χ2v) is 8.60. The molecule has 0 aliphatic carbocycles. The Balaban J connectivity index is 0. The Bertz CT molecular complexity index is 981. The molecule has 0 amide bonds.